The normalized spacial score (nSPS) is 18.9. The molecular formula is C23H24Cl2FN7O. The molecule has 2 aromatic heterocycles. The fourth-order valence-corrected chi connectivity index (χ4v) is 4.70. The van der Waals surface area contributed by atoms with Crippen LogP contribution in [0.25, 0.3) is 11.3 Å². The van der Waals surface area contributed by atoms with Crippen LogP contribution in [-0.4, -0.2) is 71.9 Å². The van der Waals surface area contributed by atoms with E-state index in [2.05, 4.69) is 31.6 Å². The maximum atomic E-state index is 13.8. The summed E-state index contributed by atoms with van der Waals surface area (Å²) < 4.78 is 19.3. The molecule has 1 atom stereocenters. The zero-order valence-electron chi connectivity index (χ0n) is 18.7. The molecule has 5 rings (SSSR count). The van der Waals surface area contributed by atoms with E-state index in [0.29, 0.717) is 55.5 Å². The van der Waals surface area contributed by atoms with Crippen molar-refractivity contribution in [3.8, 4) is 11.3 Å². The molecule has 2 saturated heterocycles. The summed E-state index contributed by atoms with van der Waals surface area (Å²) in [6.45, 7) is 6.96. The molecule has 8 nitrogen and oxygen atoms in total. The zero-order valence-corrected chi connectivity index (χ0v) is 20.2. The summed E-state index contributed by atoms with van der Waals surface area (Å²) in [6.07, 6.45) is 3.24. The van der Waals surface area contributed by atoms with E-state index >= 15 is 0 Å². The second kappa shape index (κ2) is 9.85. The van der Waals surface area contributed by atoms with Crippen molar-refractivity contribution in [2.45, 2.75) is 13.0 Å². The van der Waals surface area contributed by atoms with Gasteiger partial charge in [0.1, 0.15) is 11.6 Å². The van der Waals surface area contributed by atoms with E-state index in [1.165, 1.54) is 6.07 Å². The molecule has 178 valence electrons. The predicted octanol–water partition coefficient (Wildman–Crippen LogP) is 3.93. The highest BCUT2D eigenvalue weighted by Gasteiger charge is 2.28. The molecule has 0 bridgehead atoms. The highest BCUT2D eigenvalue weighted by molar-refractivity contribution is 6.31. The van der Waals surface area contributed by atoms with E-state index in [9.17, 15) is 4.39 Å². The van der Waals surface area contributed by atoms with Gasteiger partial charge in [-0.3, -0.25) is 0 Å². The second-order valence-electron chi connectivity index (χ2n) is 8.30. The predicted molar refractivity (Wildman–Crippen MR) is 132 cm³/mol. The lowest BCUT2D eigenvalue weighted by Gasteiger charge is -2.41. The van der Waals surface area contributed by atoms with Crippen LogP contribution in [0.1, 0.15) is 6.92 Å². The van der Waals surface area contributed by atoms with Gasteiger partial charge in [-0.25, -0.2) is 19.3 Å². The molecule has 0 spiro atoms. The maximum absolute atomic E-state index is 13.8. The van der Waals surface area contributed by atoms with Crippen LogP contribution in [-0.2, 0) is 4.74 Å². The fourth-order valence-electron chi connectivity index (χ4n) is 4.29. The van der Waals surface area contributed by atoms with Crippen molar-refractivity contribution < 1.29 is 9.13 Å². The SMILES string of the molecule is C[C@H]1CN(c2nccnc2Cl)CCN1c1cc(-c2ccc(F)c(Cl)c2)nc(N2CCOCC2)n1. The second-order valence-corrected chi connectivity index (χ2v) is 9.06. The third-order valence-corrected chi connectivity index (χ3v) is 6.62. The summed E-state index contributed by atoms with van der Waals surface area (Å²) in [5.41, 5.74) is 1.43. The van der Waals surface area contributed by atoms with Crippen LogP contribution < -0.4 is 14.7 Å². The minimum atomic E-state index is -0.458. The molecular weight excluding hydrogens is 480 g/mol. The van der Waals surface area contributed by atoms with Crippen LogP contribution in [0.2, 0.25) is 10.2 Å². The van der Waals surface area contributed by atoms with E-state index in [-0.39, 0.29) is 11.1 Å². The molecule has 3 aromatic rings. The van der Waals surface area contributed by atoms with Crippen molar-refractivity contribution in [3.05, 3.63) is 52.7 Å². The van der Waals surface area contributed by atoms with Crippen LogP contribution in [0.4, 0.5) is 22.0 Å². The minimum absolute atomic E-state index is 0.0633. The molecule has 0 amide bonds. The van der Waals surface area contributed by atoms with Gasteiger partial charge in [0.15, 0.2) is 11.0 Å². The van der Waals surface area contributed by atoms with Gasteiger partial charge in [0.25, 0.3) is 0 Å². The lowest BCUT2D eigenvalue weighted by Crippen LogP contribution is -2.53. The van der Waals surface area contributed by atoms with Crippen molar-refractivity contribution in [3.63, 3.8) is 0 Å². The number of halogens is 3. The highest BCUT2D eigenvalue weighted by atomic mass is 35.5. The zero-order chi connectivity index (χ0) is 23.7. The van der Waals surface area contributed by atoms with Gasteiger partial charge in [-0.05, 0) is 25.1 Å². The molecule has 1 aromatic carbocycles. The van der Waals surface area contributed by atoms with Crippen molar-refractivity contribution in [2.24, 2.45) is 0 Å². The van der Waals surface area contributed by atoms with E-state index in [4.69, 9.17) is 37.9 Å². The van der Waals surface area contributed by atoms with E-state index < -0.39 is 5.82 Å². The molecule has 34 heavy (non-hydrogen) atoms. The smallest absolute Gasteiger partial charge is 0.228 e. The molecule has 0 saturated carbocycles. The quantitative estimate of drug-likeness (QED) is 0.530. The molecule has 4 heterocycles. The Morgan fingerprint density at radius 1 is 0.971 bits per heavy atom. The third-order valence-electron chi connectivity index (χ3n) is 6.07. The largest absolute Gasteiger partial charge is 0.378 e. The van der Waals surface area contributed by atoms with Crippen LogP contribution in [0, 0.1) is 5.82 Å². The van der Waals surface area contributed by atoms with Gasteiger partial charge >= 0.3 is 0 Å². The van der Waals surface area contributed by atoms with Gasteiger partial charge in [0.05, 0.1) is 23.9 Å². The van der Waals surface area contributed by atoms with E-state index in [0.717, 1.165) is 24.5 Å². The maximum Gasteiger partial charge on any atom is 0.228 e. The molecule has 0 N–H and O–H groups in total. The molecule has 2 aliphatic rings. The van der Waals surface area contributed by atoms with Crippen LogP contribution in [0.3, 0.4) is 0 Å². The Morgan fingerprint density at radius 2 is 1.76 bits per heavy atom. The number of benzene rings is 1. The van der Waals surface area contributed by atoms with Gasteiger partial charge in [-0.1, -0.05) is 23.2 Å². The number of nitrogens with zero attached hydrogens (tertiary/aromatic N) is 7. The van der Waals surface area contributed by atoms with Gasteiger partial charge in [0, 0.05) is 62.8 Å². The molecule has 0 unspecified atom stereocenters. The number of ether oxygens (including phenoxy) is 1. The van der Waals surface area contributed by atoms with Gasteiger partial charge in [-0.2, -0.15) is 4.98 Å². The summed E-state index contributed by atoms with van der Waals surface area (Å²) in [6, 6.07) is 6.72. The number of aromatic nitrogens is 4. The summed E-state index contributed by atoms with van der Waals surface area (Å²) in [7, 11) is 0. The summed E-state index contributed by atoms with van der Waals surface area (Å²) in [4.78, 5) is 24.8. The molecule has 2 aliphatic heterocycles. The Hall–Kier alpha value is -2.75. The van der Waals surface area contributed by atoms with Crippen LogP contribution in [0.15, 0.2) is 36.7 Å². The topological polar surface area (TPSA) is 70.5 Å². The van der Waals surface area contributed by atoms with Crippen molar-refractivity contribution >= 4 is 40.8 Å². The van der Waals surface area contributed by atoms with E-state index in [1.807, 2.05) is 6.07 Å². The average molecular weight is 504 g/mol. The third kappa shape index (κ3) is 4.73. The summed E-state index contributed by atoms with van der Waals surface area (Å²) in [5, 5.41) is 0.462. The minimum Gasteiger partial charge on any atom is -0.378 e. The van der Waals surface area contributed by atoms with Crippen molar-refractivity contribution in [1.29, 1.82) is 0 Å². The van der Waals surface area contributed by atoms with Gasteiger partial charge in [-0.15, -0.1) is 0 Å². The Balaban J connectivity index is 1.47. The summed E-state index contributed by atoms with van der Waals surface area (Å²) in [5.74, 6) is 1.67. The van der Waals surface area contributed by atoms with Gasteiger partial charge in [0.2, 0.25) is 5.95 Å². The Labute approximate surface area is 207 Å². The van der Waals surface area contributed by atoms with Crippen LogP contribution >= 0.6 is 23.2 Å². The standard InChI is InChI=1S/C23H24Cl2FN7O/c1-15-14-32(22-21(25)27-4-5-28-22)6-7-33(15)20-13-19(16-2-3-18(26)17(24)12-16)29-23(30-20)31-8-10-34-11-9-31/h2-5,12-13,15H,6-11,14H2,1H3/t15-/m0/s1. The molecule has 2 fully saturated rings. The van der Waals surface area contributed by atoms with Gasteiger partial charge < -0.3 is 19.4 Å². The number of rotatable bonds is 4. The van der Waals surface area contributed by atoms with Crippen molar-refractivity contribution in [2.75, 3.05) is 60.6 Å². The van der Waals surface area contributed by atoms with E-state index in [1.54, 1.807) is 24.5 Å². The first-order valence-corrected chi connectivity index (χ1v) is 11.9. The number of hydrogen-bond acceptors (Lipinski definition) is 8. The van der Waals surface area contributed by atoms with Crippen molar-refractivity contribution in [1.82, 2.24) is 19.9 Å². The number of morpholine rings is 1. The monoisotopic (exact) mass is 503 g/mol. The first-order valence-electron chi connectivity index (χ1n) is 11.1. The number of piperazine rings is 1. The first kappa shape index (κ1) is 23.0. The number of anilines is 3. The first-order chi connectivity index (χ1) is 16.5. The Bertz CT molecular complexity index is 1180. The molecule has 0 aliphatic carbocycles. The highest BCUT2D eigenvalue weighted by Crippen LogP contribution is 2.31. The Morgan fingerprint density at radius 3 is 2.50 bits per heavy atom. The fraction of sp³-hybridized carbons (Fsp3) is 0.391. The Kier molecular flexibility index (Phi) is 6.67. The molecule has 0 radical (unpaired) electrons. The number of hydrogen-bond donors (Lipinski definition) is 0. The average Bonchev–Trinajstić information content (AvgIpc) is 2.86. The van der Waals surface area contributed by atoms with Crippen LogP contribution in [0.5, 0.6) is 0 Å². The summed E-state index contributed by atoms with van der Waals surface area (Å²) >= 11 is 12.3. The molecule has 11 heteroatoms. The lowest BCUT2D eigenvalue weighted by molar-refractivity contribution is 0.122. The lowest BCUT2D eigenvalue weighted by atomic mass is 10.1.